The van der Waals surface area contributed by atoms with E-state index in [1.165, 1.54) is 24.3 Å². The first-order valence-electron chi connectivity index (χ1n) is 6.46. The van der Waals surface area contributed by atoms with E-state index in [1.807, 2.05) is 0 Å². The van der Waals surface area contributed by atoms with E-state index in [2.05, 4.69) is 10.6 Å². The van der Waals surface area contributed by atoms with E-state index >= 15 is 0 Å². The molecule has 8 heteroatoms. The number of carbonyl (C=O) groups is 2. The van der Waals surface area contributed by atoms with Crippen LogP contribution in [0.3, 0.4) is 0 Å². The molecule has 0 atom stereocenters. The number of carbonyl (C=O) groups excluding carboxylic acids is 2. The van der Waals surface area contributed by atoms with Crippen molar-refractivity contribution in [2.24, 2.45) is 0 Å². The van der Waals surface area contributed by atoms with Crippen LogP contribution in [-0.4, -0.2) is 18.4 Å². The van der Waals surface area contributed by atoms with E-state index in [0.717, 1.165) is 6.07 Å². The molecule has 23 heavy (non-hydrogen) atoms. The van der Waals surface area contributed by atoms with E-state index in [4.69, 9.17) is 27.9 Å². The van der Waals surface area contributed by atoms with Crippen LogP contribution in [-0.2, 0) is 4.79 Å². The molecule has 1 aliphatic rings. The van der Waals surface area contributed by atoms with Crippen LogP contribution in [0.1, 0.15) is 10.4 Å². The van der Waals surface area contributed by atoms with Crippen molar-refractivity contribution in [1.82, 2.24) is 0 Å². The highest BCUT2D eigenvalue weighted by Crippen LogP contribution is 2.36. The van der Waals surface area contributed by atoms with Crippen LogP contribution in [0.25, 0.3) is 0 Å². The molecule has 0 fully saturated rings. The number of hydrogen-bond acceptors (Lipinski definition) is 3. The van der Waals surface area contributed by atoms with Crippen LogP contribution < -0.4 is 15.4 Å². The molecule has 0 bridgehead atoms. The van der Waals surface area contributed by atoms with Crippen molar-refractivity contribution in [2.75, 3.05) is 17.2 Å². The monoisotopic (exact) mass is 354 g/mol. The first kappa shape index (κ1) is 15.6. The van der Waals surface area contributed by atoms with E-state index in [0.29, 0.717) is 11.4 Å². The van der Waals surface area contributed by atoms with Crippen LogP contribution in [0, 0.1) is 5.82 Å². The Labute approximate surface area is 140 Å². The predicted molar refractivity (Wildman–Crippen MR) is 84.9 cm³/mol. The molecule has 5 nitrogen and oxygen atoms in total. The lowest BCUT2D eigenvalue weighted by Crippen LogP contribution is -2.25. The average Bonchev–Trinajstić information content (AvgIpc) is 2.50. The number of nitrogens with one attached hydrogen (secondary N) is 2. The molecule has 0 saturated heterocycles. The molecule has 3 rings (SSSR count). The van der Waals surface area contributed by atoms with Crippen molar-refractivity contribution in [3.05, 3.63) is 51.8 Å². The molecule has 2 amide bonds. The van der Waals surface area contributed by atoms with Gasteiger partial charge in [0.25, 0.3) is 11.8 Å². The molecule has 2 N–H and O–H groups in total. The summed E-state index contributed by atoms with van der Waals surface area (Å²) in [5.41, 5.74) is 0.421. The van der Waals surface area contributed by atoms with Crippen LogP contribution in [0.5, 0.6) is 5.75 Å². The lowest BCUT2D eigenvalue weighted by atomic mass is 10.2. The smallest absolute Gasteiger partial charge is 0.262 e. The Balaban J connectivity index is 1.89. The maximum absolute atomic E-state index is 13.7. The normalized spacial score (nSPS) is 12.9. The minimum Gasteiger partial charge on any atom is -0.482 e. The fraction of sp³-hybridized carbons (Fsp3) is 0.0667. The second kappa shape index (κ2) is 6.06. The quantitative estimate of drug-likeness (QED) is 0.863. The molecule has 0 aromatic heterocycles. The minimum atomic E-state index is -0.704. The van der Waals surface area contributed by atoms with Gasteiger partial charge >= 0.3 is 0 Å². The first-order valence-corrected chi connectivity index (χ1v) is 7.22. The maximum atomic E-state index is 13.7. The number of benzene rings is 2. The average molecular weight is 355 g/mol. The molecule has 2 aromatic carbocycles. The van der Waals surface area contributed by atoms with Crippen molar-refractivity contribution >= 4 is 46.4 Å². The fourth-order valence-corrected chi connectivity index (χ4v) is 2.44. The molecule has 0 saturated carbocycles. The van der Waals surface area contributed by atoms with Gasteiger partial charge < -0.3 is 15.4 Å². The topological polar surface area (TPSA) is 67.4 Å². The Morgan fingerprint density at radius 1 is 1.26 bits per heavy atom. The molecule has 0 radical (unpaired) electrons. The number of hydrogen-bond donors (Lipinski definition) is 2. The van der Waals surface area contributed by atoms with Gasteiger partial charge in [-0.1, -0.05) is 23.2 Å². The summed E-state index contributed by atoms with van der Waals surface area (Å²) in [6, 6.07) is 6.56. The minimum absolute atomic E-state index is 0.134. The Hall–Kier alpha value is -2.31. The zero-order valence-electron chi connectivity index (χ0n) is 11.5. The van der Waals surface area contributed by atoms with Gasteiger partial charge in [-0.2, -0.15) is 0 Å². The van der Waals surface area contributed by atoms with E-state index in [9.17, 15) is 14.0 Å². The second-order valence-electron chi connectivity index (χ2n) is 4.74. The highest BCUT2D eigenvalue weighted by molar-refractivity contribution is 6.34. The summed E-state index contributed by atoms with van der Waals surface area (Å²) in [5.74, 6) is -1.35. The molecule has 0 unspecified atom stereocenters. The third-order valence-electron chi connectivity index (χ3n) is 3.12. The van der Waals surface area contributed by atoms with Crippen LogP contribution in [0.4, 0.5) is 15.8 Å². The molecule has 0 spiro atoms. The largest absolute Gasteiger partial charge is 0.482 e. The van der Waals surface area contributed by atoms with E-state index in [-0.39, 0.29) is 33.8 Å². The Morgan fingerprint density at radius 3 is 2.83 bits per heavy atom. The lowest BCUT2D eigenvalue weighted by molar-refractivity contribution is -0.118. The van der Waals surface area contributed by atoms with Crippen LogP contribution in [0.2, 0.25) is 10.0 Å². The molecular formula is C15H9Cl2FN2O3. The number of anilines is 2. The molecular weight excluding hydrogens is 346 g/mol. The summed E-state index contributed by atoms with van der Waals surface area (Å²) in [6.45, 7) is -0.134. The summed E-state index contributed by atoms with van der Waals surface area (Å²) in [6.07, 6.45) is 0. The second-order valence-corrected chi connectivity index (χ2v) is 5.59. The molecule has 1 heterocycles. The van der Waals surface area contributed by atoms with Gasteiger partial charge in [0.1, 0.15) is 11.6 Å². The van der Waals surface area contributed by atoms with Crippen molar-refractivity contribution in [2.45, 2.75) is 0 Å². The molecule has 2 aromatic rings. The van der Waals surface area contributed by atoms with Gasteiger partial charge in [-0.05, 0) is 24.3 Å². The number of amides is 2. The van der Waals surface area contributed by atoms with Crippen LogP contribution >= 0.6 is 23.2 Å². The van der Waals surface area contributed by atoms with Gasteiger partial charge in [0.2, 0.25) is 0 Å². The molecule has 1 aliphatic heterocycles. The summed E-state index contributed by atoms with van der Waals surface area (Å²) < 4.78 is 19.0. The Morgan fingerprint density at radius 2 is 2.04 bits per heavy atom. The zero-order valence-corrected chi connectivity index (χ0v) is 13.0. The Kier molecular flexibility index (Phi) is 4.11. The number of halogens is 3. The third kappa shape index (κ3) is 3.23. The third-order valence-corrected chi connectivity index (χ3v) is 3.67. The standard InChI is InChI=1S/C15H9Cl2FN2O3/c16-7-1-2-10(18)8(3-7)15(22)20-11-5-13-12(4-9(11)17)19-14(21)6-23-13/h1-5H,6H2,(H,19,21)(H,20,22). The van der Waals surface area contributed by atoms with Gasteiger partial charge in [-0.15, -0.1) is 0 Å². The van der Waals surface area contributed by atoms with E-state index in [1.54, 1.807) is 0 Å². The van der Waals surface area contributed by atoms with Gasteiger partial charge in [0.05, 0.1) is 22.0 Å². The van der Waals surface area contributed by atoms with Gasteiger partial charge in [0.15, 0.2) is 6.61 Å². The SMILES string of the molecule is O=C1COc2cc(NC(=O)c3cc(Cl)ccc3F)c(Cl)cc2N1. The fourth-order valence-electron chi connectivity index (χ4n) is 2.06. The predicted octanol–water partition coefficient (Wildman–Crippen LogP) is 3.72. The highest BCUT2D eigenvalue weighted by atomic mass is 35.5. The van der Waals surface area contributed by atoms with Gasteiger partial charge in [0, 0.05) is 11.1 Å². The van der Waals surface area contributed by atoms with E-state index < -0.39 is 11.7 Å². The van der Waals surface area contributed by atoms with Gasteiger partial charge in [-0.3, -0.25) is 9.59 Å². The Bertz CT molecular complexity index is 827. The lowest BCUT2D eigenvalue weighted by Gasteiger charge is -2.19. The highest BCUT2D eigenvalue weighted by Gasteiger charge is 2.20. The summed E-state index contributed by atoms with van der Waals surface area (Å²) in [5, 5.41) is 5.49. The van der Waals surface area contributed by atoms with Crippen molar-refractivity contribution in [1.29, 1.82) is 0 Å². The zero-order chi connectivity index (χ0) is 16.6. The first-order chi connectivity index (χ1) is 10.9. The molecule has 118 valence electrons. The number of rotatable bonds is 2. The van der Waals surface area contributed by atoms with Gasteiger partial charge in [-0.25, -0.2) is 4.39 Å². The summed E-state index contributed by atoms with van der Waals surface area (Å²) in [4.78, 5) is 23.4. The molecule has 0 aliphatic carbocycles. The van der Waals surface area contributed by atoms with Crippen LogP contribution in [0.15, 0.2) is 30.3 Å². The van der Waals surface area contributed by atoms with Crippen molar-refractivity contribution in [3.8, 4) is 5.75 Å². The number of ether oxygens (including phenoxy) is 1. The maximum Gasteiger partial charge on any atom is 0.262 e. The van der Waals surface area contributed by atoms with Crippen molar-refractivity contribution in [3.63, 3.8) is 0 Å². The summed E-state index contributed by atoms with van der Waals surface area (Å²) in [7, 11) is 0. The summed E-state index contributed by atoms with van der Waals surface area (Å²) >= 11 is 11.8. The van der Waals surface area contributed by atoms with Crippen molar-refractivity contribution < 1.29 is 18.7 Å². The number of fused-ring (bicyclic) bond motifs is 1.